The molecule has 1 aromatic heterocycles. The van der Waals surface area contributed by atoms with Crippen LogP contribution in [0.25, 0.3) is 0 Å². The zero-order valence-corrected chi connectivity index (χ0v) is 10.1. The van der Waals surface area contributed by atoms with Crippen molar-refractivity contribution in [2.24, 2.45) is 0 Å². The Morgan fingerprint density at radius 3 is 2.82 bits per heavy atom. The fourth-order valence-electron chi connectivity index (χ4n) is 1.59. The van der Waals surface area contributed by atoms with Crippen LogP contribution in [0, 0.1) is 11.3 Å². The number of nitrogens with zero attached hydrogens (tertiary/aromatic N) is 3. The molecule has 17 heavy (non-hydrogen) atoms. The van der Waals surface area contributed by atoms with Crippen LogP contribution in [0.2, 0.25) is 0 Å². The lowest BCUT2D eigenvalue weighted by molar-refractivity contribution is 0.301. The molecule has 0 bridgehead atoms. The second kappa shape index (κ2) is 6.71. The summed E-state index contributed by atoms with van der Waals surface area (Å²) in [7, 11) is 0. The number of nitrogens with two attached hydrogens (primary N) is 1. The summed E-state index contributed by atoms with van der Waals surface area (Å²) in [6, 6.07) is 3.61. The molecule has 0 aliphatic rings. The maximum Gasteiger partial charge on any atom is 0.151 e. The van der Waals surface area contributed by atoms with Gasteiger partial charge in [0.1, 0.15) is 6.07 Å². The summed E-state index contributed by atoms with van der Waals surface area (Å²) in [5, 5.41) is 17.8. The Balaban J connectivity index is 2.89. The number of aliphatic hydroxyl groups is 1. The molecule has 0 fully saturated rings. The van der Waals surface area contributed by atoms with Crippen LogP contribution in [0.5, 0.6) is 0 Å². The van der Waals surface area contributed by atoms with E-state index < -0.39 is 0 Å². The zero-order valence-electron chi connectivity index (χ0n) is 10.1. The molecule has 92 valence electrons. The lowest BCUT2D eigenvalue weighted by Crippen LogP contribution is -2.29. The third-order valence-corrected chi connectivity index (χ3v) is 2.48. The molecule has 0 saturated heterocycles. The van der Waals surface area contributed by atoms with Gasteiger partial charge in [-0.25, -0.2) is 4.98 Å². The topological polar surface area (TPSA) is 86.2 Å². The molecular weight excluding hydrogens is 216 g/mol. The largest absolute Gasteiger partial charge is 0.396 e. The number of hydrogen-bond acceptors (Lipinski definition) is 5. The highest BCUT2D eigenvalue weighted by atomic mass is 16.3. The van der Waals surface area contributed by atoms with Crippen molar-refractivity contribution >= 4 is 11.5 Å². The van der Waals surface area contributed by atoms with Gasteiger partial charge < -0.3 is 15.7 Å². The number of unbranched alkanes of at least 4 members (excludes halogenated alkanes) is 1. The van der Waals surface area contributed by atoms with Gasteiger partial charge in [-0.1, -0.05) is 13.3 Å². The summed E-state index contributed by atoms with van der Waals surface area (Å²) in [6.45, 7) is 3.47. The molecule has 0 aromatic carbocycles. The first-order valence-electron chi connectivity index (χ1n) is 5.74. The maximum absolute atomic E-state index is 9.03. The smallest absolute Gasteiger partial charge is 0.151 e. The highest BCUT2D eigenvalue weighted by Crippen LogP contribution is 2.21. The second-order valence-electron chi connectivity index (χ2n) is 3.81. The number of hydrogen-bond donors (Lipinski definition) is 2. The Hall–Kier alpha value is -1.80. The van der Waals surface area contributed by atoms with Gasteiger partial charge in [-0.3, -0.25) is 0 Å². The molecule has 0 aliphatic carbocycles. The molecule has 5 nitrogen and oxygen atoms in total. The highest BCUT2D eigenvalue weighted by molar-refractivity contribution is 5.64. The number of aliphatic hydroxyl groups excluding tert-OH is 1. The Morgan fingerprint density at radius 1 is 1.53 bits per heavy atom. The Labute approximate surface area is 101 Å². The van der Waals surface area contributed by atoms with Crippen molar-refractivity contribution in [3.8, 4) is 6.07 Å². The van der Waals surface area contributed by atoms with Gasteiger partial charge in [0.15, 0.2) is 5.82 Å². The Bertz CT molecular complexity index is 400. The standard InChI is InChI=1S/C12H18N4O/c1-2-3-4-16(5-6-17)12-11(14)7-10(8-13)9-15-12/h7,9,17H,2-6,14H2,1H3. The maximum atomic E-state index is 9.03. The molecule has 0 unspecified atom stereocenters. The van der Waals surface area contributed by atoms with Gasteiger partial charge in [-0.15, -0.1) is 0 Å². The number of nitriles is 1. The van der Waals surface area contributed by atoms with E-state index in [2.05, 4.69) is 11.9 Å². The monoisotopic (exact) mass is 234 g/mol. The van der Waals surface area contributed by atoms with Crippen LogP contribution in [-0.4, -0.2) is 29.8 Å². The van der Waals surface area contributed by atoms with Gasteiger partial charge in [0.2, 0.25) is 0 Å². The predicted octanol–water partition coefficient (Wildman–Crippen LogP) is 1.13. The van der Waals surface area contributed by atoms with E-state index in [1.807, 2.05) is 11.0 Å². The highest BCUT2D eigenvalue weighted by Gasteiger charge is 2.11. The molecule has 0 aliphatic heterocycles. The molecule has 0 amide bonds. The molecule has 0 radical (unpaired) electrons. The SMILES string of the molecule is CCCCN(CCO)c1ncc(C#N)cc1N. The average Bonchev–Trinajstić information content (AvgIpc) is 2.34. The number of rotatable bonds is 6. The second-order valence-corrected chi connectivity index (χ2v) is 3.81. The van der Waals surface area contributed by atoms with Crippen LogP contribution in [0.1, 0.15) is 25.3 Å². The van der Waals surface area contributed by atoms with Crippen molar-refractivity contribution in [3.63, 3.8) is 0 Å². The van der Waals surface area contributed by atoms with Crippen LogP contribution in [0.4, 0.5) is 11.5 Å². The van der Waals surface area contributed by atoms with E-state index in [9.17, 15) is 0 Å². The van der Waals surface area contributed by atoms with Crippen LogP contribution in [-0.2, 0) is 0 Å². The van der Waals surface area contributed by atoms with Crippen LogP contribution >= 0.6 is 0 Å². The van der Waals surface area contributed by atoms with Crippen LogP contribution < -0.4 is 10.6 Å². The zero-order chi connectivity index (χ0) is 12.7. The van der Waals surface area contributed by atoms with Crippen molar-refractivity contribution in [2.75, 3.05) is 30.3 Å². The summed E-state index contributed by atoms with van der Waals surface area (Å²) in [4.78, 5) is 6.13. The normalized spacial score (nSPS) is 9.94. The third-order valence-electron chi connectivity index (χ3n) is 2.48. The number of aromatic nitrogens is 1. The van der Waals surface area contributed by atoms with E-state index in [1.54, 1.807) is 6.07 Å². The molecule has 1 aromatic rings. The molecule has 0 saturated carbocycles. The lowest BCUT2D eigenvalue weighted by Gasteiger charge is -2.23. The number of anilines is 2. The summed E-state index contributed by atoms with van der Waals surface area (Å²) in [6.07, 6.45) is 3.58. The van der Waals surface area contributed by atoms with Gasteiger partial charge >= 0.3 is 0 Å². The van der Waals surface area contributed by atoms with Gasteiger partial charge in [-0.05, 0) is 12.5 Å². The molecule has 1 heterocycles. The number of nitrogen functional groups attached to an aromatic ring is 1. The summed E-state index contributed by atoms with van der Waals surface area (Å²) < 4.78 is 0. The van der Waals surface area contributed by atoms with E-state index in [0.717, 1.165) is 19.4 Å². The van der Waals surface area contributed by atoms with Gasteiger partial charge in [0.25, 0.3) is 0 Å². The van der Waals surface area contributed by atoms with Gasteiger partial charge in [-0.2, -0.15) is 5.26 Å². The Morgan fingerprint density at radius 2 is 2.29 bits per heavy atom. The minimum absolute atomic E-state index is 0.0604. The van der Waals surface area contributed by atoms with E-state index in [1.165, 1.54) is 6.20 Å². The Kier molecular flexibility index (Phi) is 5.24. The summed E-state index contributed by atoms with van der Waals surface area (Å²) in [5.41, 5.74) is 6.79. The summed E-state index contributed by atoms with van der Waals surface area (Å²) in [5.74, 6) is 0.645. The van der Waals surface area contributed by atoms with Gasteiger partial charge in [0, 0.05) is 19.3 Å². The lowest BCUT2D eigenvalue weighted by atomic mass is 10.2. The van der Waals surface area contributed by atoms with Crippen molar-refractivity contribution in [2.45, 2.75) is 19.8 Å². The third kappa shape index (κ3) is 3.61. The van der Waals surface area contributed by atoms with Crippen molar-refractivity contribution in [1.82, 2.24) is 4.98 Å². The van der Waals surface area contributed by atoms with E-state index in [-0.39, 0.29) is 6.61 Å². The predicted molar refractivity (Wildman–Crippen MR) is 67.6 cm³/mol. The first kappa shape index (κ1) is 13.3. The molecule has 1 rings (SSSR count). The van der Waals surface area contributed by atoms with E-state index in [0.29, 0.717) is 23.6 Å². The minimum Gasteiger partial charge on any atom is -0.396 e. The molecule has 5 heteroatoms. The first-order valence-corrected chi connectivity index (χ1v) is 5.74. The van der Waals surface area contributed by atoms with Crippen molar-refractivity contribution in [3.05, 3.63) is 17.8 Å². The van der Waals surface area contributed by atoms with E-state index >= 15 is 0 Å². The van der Waals surface area contributed by atoms with Crippen molar-refractivity contribution < 1.29 is 5.11 Å². The molecule has 0 atom stereocenters. The fourth-order valence-corrected chi connectivity index (χ4v) is 1.59. The fraction of sp³-hybridized carbons (Fsp3) is 0.500. The average molecular weight is 234 g/mol. The first-order chi connectivity index (χ1) is 8.22. The molecule has 0 spiro atoms. The molecular formula is C12H18N4O. The van der Waals surface area contributed by atoms with Crippen molar-refractivity contribution in [1.29, 1.82) is 5.26 Å². The quantitative estimate of drug-likeness (QED) is 0.770. The van der Waals surface area contributed by atoms with Crippen LogP contribution in [0.3, 0.4) is 0 Å². The van der Waals surface area contributed by atoms with Gasteiger partial charge in [0.05, 0.1) is 17.9 Å². The number of pyridine rings is 1. The minimum atomic E-state index is 0.0604. The van der Waals surface area contributed by atoms with Crippen LogP contribution in [0.15, 0.2) is 12.3 Å². The molecule has 3 N–H and O–H groups in total. The summed E-state index contributed by atoms with van der Waals surface area (Å²) >= 11 is 0. The van der Waals surface area contributed by atoms with E-state index in [4.69, 9.17) is 16.1 Å².